The van der Waals surface area contributed by atoms with Crippen LogP contribution in [0, 0.1) is 5.82 Å². The van der Waals surface area contributed by atoms with Gasteiger partial charge in [0.1, 0.15) is 18.2 Å². The van der Waals surface area contributed by atoms with Crippen molar-refractivity contribution in [2.45, 2.75) is 6.04 Å². The van der Waals surface area contributed by atoms with Gasteiger partial charge in [0.05, 0.1) is 11.8 Å². The molecule has 0 spiro atoms. The minimum Gasteiger partial charge on any atom is -0.492 e. The Bertz CT molecular complexity index is 716. The number of likely N-dealkylation sites (N-methyl/N-ethyl adjacent to an activating group) is 1. The lowest BCUT2D eigenvalue weighted by Gasteiger charge is -2.23. The van der Waals surface area contributed by atoms with Crippen LogP contribution in [0.5, 0.6) is 5.75 Å². The van der Waals surface area contributed by atoms with Crippen molar-refractivity contribution in [3.05, 3.63) is 52.5 Å². The molecule has 0 fully saturated rings. The zero-order chi connectivity index (χ0) is 17.6. The van der Waals surface area contributed by atoms with Gasteiger partial charge in [0.25, 0.3) is 0 Å². The highest BCUT2D eigenvalue weighted by atomic mass is 32.2. The highest BCUT2D eigenvalue weighted by Gasteiger charge is 2.19. The van der Waals surface area contributed by atoms with Crippen molar-refractivity contribution in [2.24, 2.45) is 0 Å². The third-order valence-corrected chi connectivity index (χ3v) is 5.71. The molecule has 0 saturated carbocycles. The van der Waals surface area contributed by atoms with E-state index in [-0.39, 0.29) is 24.2 Å². The molecule has 24 heavy (non-hydrogen) atoms. The summed E-state index contributed by atoms with van der Waals surface area (Å²) in [7, 11) is 0.375. The zero-order valence-corrected chi connectivity index (χ0v) is 15.2. The van der Waals surface area contributed by atoms with Gasteiger partial charge in [-0.1, -0.05) is 6.07 Å². The van der Waals surface area contributed by atoms with Gasteiger partial charge in [-0.05, 0) is 49.8 Å². The minimum atomic E-state index is -3.45. The van der Waals surface area contributed by atoms with Crippen molar-refractivity contribution < 1.29 is 17.5 Å². The molecule has 0 aliphatic carbocycles. The summed E-state index contributed by atoms with van der Waals surface area (Å²) >= 11 is 1.59. The molecule has 1 atom stereocenters. The normalized spacial score (nSPS) is 13.2. The summed E-state index contributed by atoms with van der Waals surface area (Å²) in [5.41, 5.74) is 0. The largest absolute Gasteiger partial charge is 0.492 e. The molecule has 8 heteroatoms. The van der Waals surface area contributed by atoms with Crippen LogP contribution < -0.4 is 9.46 Å². The Kier molecular flexibility index (Phi) is 6.73. The minimum absolute atomic E-state index is 0.00655. The third kappa shape index (κ3) is 5.86. The Morgan fingerprint density at radius 2 is 1.96 bits per heavy atom. The van der Waals surface area contributed by atoms with Crippen LogP contribution in [-0.2, 0) is 10.0 Å². The molecule has 1 aromatic carbocycles. The molecule has 132 valence electrons. The van der Waals surface area contributed by atoms with E-state index in [1.165, 1.54) is 24.3 Å². The van der Waals surface area contributed by atoms with Gasteiger partial charge < -0.3 is 9.64 Å². The van der Waals surface area contributed by atoms with E-state index >= 15 is 0 Å². The Labute approximate surface area is 146 Å². The maximum atomic E-state index is 12.8. The number of thiophene rings is 1. The maximum Gasteiger partial charge on any atom is 0.215 e. The molecule has 1 N–H and O–H groups in total. The SMILES string of the molecule is CN(C)C(CNS(=O)(=O)CCOc1ccc(F)cc1)c1cccs1. The Morgan fingerprint density at radius 1 is 1.25 bits per heavy atom. The van der Waals surface area contributed by atoms with Gasteiger partial charge in [0, 0.05) is 11.4 Å². The van der Waals surface area contributed by atoms with E-state index < -0.39 is 10.0 Å². The average Bonchev–Trinajstić information content (AvgIpc) is 3.03. The van der Waals surface area contributed by atoms with Crippen molar-refractivity contribution >= 4 is 21.4 Å². The summed E-state index contributed by atoms with van der Waals surface area (Å²) in [4.78, 5) is 3.08. The first kappa shape index (κ1) is 18.9. The molecule has 1 heterocycles. The van der Waals surface area contributed by atoms with Crippen LogP contribution in [0.25, 0.3) is 0 Å². The van der Waals surface area contributed by atoms with Gasteiger partial charge in [-0.25, -0.2) is 17.5 Å². The van der Waals surface area contributed by atoms with Crippen LogP contribution in [0.1, 0.15) is 10.9 Å². The standard InChI is InChI=1S/C16H21FN2O3S2/c1-19(2)15(16-4-3-10-23-16)12-18-24(20,21)11-9-22-14-7-5-13(17)6-8-14/h3-8,10,15,18H,9,11-12H2,1-2H3. The summed E-state index contributed by atoms with van der Waals surface area (Å²) in [5, 5.41) is 1.97. The van der Waals surface area contributed by atoms with Gasteiger partial charge >= 0.3 is 0 Å². The van der Waals surface area contributed by atoms with E-state index in [0.29, 0.717) is 12.3 Å². The van der Waals surface area contributed by atoms with Crippen molar-refractivity contribution in [3.63, 3.8) is 0 Å². The van der Waals surface area contributed by atoms with Crippen molar-refractivity contribution in [2.75, 3.05) is 33.0 Å². The molecular formula is C16H21FN2O3S2. The summed E-state index contributed by atoms with van der Waals surface area (Å²) < 4.78 is 45.0. The highest BCUT2D eigenvalue weighted by molar-refractivity contribution is 7.89. The fourth-order valence-corrected chi connectivity index (χ4v) is 3.88. The van der Waals surface area contributed by atoms with Gasteiger partial charge in [-0.15, -0.1) is 11.3 Å². The smallest absolute Gasteiger partial charge is 0.215 e. The molecule has 1 unspecified atom stereocenters. The van der Waals surface area contributed by atoms with E-state index in [1.54, 1.807) is 11.3 Å². The van der Waals surface area contributed by atoms with Gasteiger partial charge in [0.2, 0.25) is 10.0 Å². The third-order valence-electron chi connectivity index (χ3n) is 3.43. The Balaban J connectivity index is 1.83. The summed E-state index contributed by atoms with van der Waals surface area (Å²) in [6.07, 6.45) is 0. The Morgan fingerprint density at radius 3 is 2.54 bits per heavy atom. The van der Waals surface area contributed by atoms with E-state index in [2.05, 4.69) is 4.72 Å². The second-order valence-electron chi connectivity index (χ2n) is 5.46. The monoisotopic (exact) mass is 372 g/mol. The molecule has 0 radical (unpaired) electrons. The maximum absolute atomic E-state index is 12.8. The number of hydrogen-bond acceptors (Lipinski definition) is 5. The van der Waals surface area contributed by atoms with Crippen molar-refractivity contribution in [1.29, 1.82) is 0 Å². The molecule has 0 aliphatic heterocycles. The van der Waals surface area contributed by atoms with E-state index in [1.807, 2.05) is 36.5 Å². The predicted octanol–water partition coefficient (Wildman–Crippen LogP) is 2.49. The quantitative estimate of drug-likeness (QED) is 0.735. The van der Waals surface area contributed by atoms with Gasteiger partial charge in [-0.3, -0.25) is 0 Å². The van der Waals surface area contributed by atoms with Crippen LogP contribution in [-0.4, -0.2) is 46.3 Å². The number of sulfonamides is 1. The topological polar surface area (TPSA) is 58.6 Å². The lowest BCUT2D eigenvalue weighted by Crippen LogP contribution is -2.36. The Hall–Kier alpha value is -1.48. The predicted molar refractivity (Wildman–Crippen MR) is 94.4 cm³/mol. The number of nitrogens with one attached hydrogen (secondary N) is 1. The van der Waals surface area contributed by atoms with Crippen LogP contribution in [0.4, 0.5) is 4.39 Å². The van der Waals surface area contributed by atoms with Crippen molar-refractivity contribution in [3.8, 4) is 5.75 Å². The first-order valence-electron chi connectivity index (χ1n) is 7.43. The number of hydrogen-bond donors (Lipinski definition) is 1. The molecule has 2 rings (SSSR count). The molecule has 0 amide bonds. The molecule has 0 saturated heterocycles. The first-order chi connectivity index (χ1) is 11.4. The van der Waals surface area contributed by atoms with Crippen molar-refractivity contribution in [1.82, 2.24) is 9.62 Å². The van der Waals surface area contributed by atoms with Crippen LogP contribution >= 0.6 is 11.3 Å². The van der Waals surface area contributed by atoms with Crippen LogP contribution in [0.2, 0.25) is 0 Å². The van der Waals surface area contributed by atoms with Crippen LogP contribution in [0.3, 0.4) is 0 Å². The van der Waals surface area contributed by atoms with E-state index in [0.717, 1.165) is 4.88 Å². The molecule has 5 nitrogen and oxygen atoms in total. The number of rotatable bonds is 9. The second kappa shape index (κ2) is 8.57. The summed E-state index contributed by atoms with van der Waals surface area (Å²) in [5.74, 6) is -0.0779. The molecular weight excluding hydrogens is 351 g/mol. The number of benzene rings is 1. The fourth-order valence-electron chi connectivity index (χ4n) is 2.10. The number of nitrogens with zero attached hydrogens (tertiary/aromatic N) is 1. The molecule has 1 aromatic heterocycles. The van der Waals surface area contributed by atoms with Gasteiger partial charge in [0.15, 0.2) is 0 Å². The average molecular weight is 372 g/mol. The highest BCUT2D eigenvalue weighted by Crippen LogP contribution is 2.22. The fraction of sp³-hybridized carbons (Fsp3) is 0.375. The lowest BCUT2D eigenvalue weighted by molar-refractivity contribution is 0.303. The molecule has 2 aromatic rings. The molecule has 0 bridgehead atoms. The molecule has 0 aliphatic rings. The second-order valence-corrected chi connectivity index (χ2v) is 8.37. The van der Waals surface area contributed by atoms with E-state index in [9.17, 15) is 12.8 Å². The summed E-state index contributed by atoms with van der Waals surface area (Å²) in [6, 6.07) is 9.39. The number of ether oxygens (including phenoxy) is 1. The van der Waals surface area contributed by atoms with Gasteiger partial charge in [-0.2, -0.15) is 0 Å². The number of halogens is 1. The van der Waals surface area contributed by atoms with Crippen LogP contribution in [0.15, 0.2) is 41.8 Å². The van der Waals surface area contributed by atoms with E-state index in [4.69, 9.17) is 4.74 Å². The lowest BCUT2D eigenvalue weighted by atomic mass is 10.2. The zero-order valence-electron chi connectivity index (χ0n) is 13.6. The summed E-state index contributed by atoms with van der Waals surface area (Å²) in [6.45, 7) is 0.305. The first-order valence-corrected chi connectivity index (χ1v) is 9.96.